The van der Waals surface area contributed by atoms with Crippen LogP contribution >= 0.6 is 11.6 Å². The van der Waals surface area contributed by atoms with E-state index < -0.39 is 10.1 Å². The van der Waals surface area contributed by atoms with Crippen LogP contribution in [0.3, 0.4) is 0 Å². The Balaban J connectivity index is 2.60. The number of ketones is 1. The molecule has 0 aliphatic heterocycles. The summed E-state index contributed by atoms with van der Waals surface area (Å²) in [4.78, 5) is 13.4. The van der Waals surface area contributed by atoms with E-state index in [1.807, 2.05) is 27.7 Å². The molecule has 0 aliphatic rings. The topological polar surface area (TPSA) is 78.3 Å². The van der Waals surface area contributed by atoms with Crippen LogP contribution in [0.15, 0.2) is 23.9 Å². The van der Waals surface area contributed by atoms with E-state index >= 15 is 0 Å². The molecule has 0 bridgehead atoms. The van der Waals surface area contributed by atoms with Gasteiger partial charge in [0.25, 0.3) is 0 Å². The molecule has 1 aromatic carbocycles. The van der Waals surface area contributed by atoms with E-state index in [9.17, 15) is 13.2 Å². The monoisotopic (exact) mass is 452 g/mol. The Kier molecular flexibility index (Phi) is 7.53. The number of hydrogen-bond acceptors (Lipinski definition) is 5. The highest BCUT2D eigenvalue weighted by Gasteiger charge is 2.27. The van der Waals surface area contributed by atoms with Gasteiger partial charge >= 0.3 is 10.1 Å². The van der Waals surface area contributed by atoms with Crippen molar-refractivity contribution in [1.29, 1.82) is 0 Å². The summed E-state index contributed by atoms with van der Waals surface area (Å²) >= 11 is 6.42. The zero-order chi connectivity index (χ0) is 22.8. The lowest BCUT2D eigenvalue weighted by Gasteiger charge is -2.15. The average Bonchev–Trinajstić information content (AvgIpc) is 3.01. The first-order valence-corrected chi connectivity index (χ1v) is 11.8. The van der Waals surface area contributed by atoms with E-state index in [2.05, 4.69) is 5.10 Å². The van der Waals surface area contributed by atoms with Crippen molar-refractivity contribution in [2.45, 2.75) is 55.0 Å². The molecule has 0 spiro atoms. The quantitative estimate of drug-likeness (QED) is 0.402. The van der Waals surface area contributed by atoms with Gasteiger partial charge in [-0.25, -0.2) is 4.68 Å². The highest BCUT2D eigenvalue weighted by atomic mass is 35.5. The van der Waals surface area contributed by atoms with E-state index in [1.165, 1.54) is 10.9 Å². The lowest BCUT2D eigenvalue weighted by molar-refractivity contribution is 0.103. The second kappa shape index (κ2) is 9.35. The summed E-state index contributed by atoms with van der Waals surface area (Å²) in [7, 11) is -3.87. The van der Waals surface area contributed by atoms with Crippen LogP contribution in [0.1, 0.15) is 68.6 Å². The fraction of sp³-hybridized carbons (Fsp3) is 0.455. The second-order valence-corrected chi connectivity index (χ2v) is 9.95. The predicted octanol–water partition coefficient (Wildman–Crippen LogP) is 5.27. The van der Waals surface area contributed by atoms with Crippen molar-refractivity contribution in [1.82, 2.24) is 9.78 Å². The van der Waals surface area contributed by atoms with Gasteiger partial charge < -0.3 is 4.18 Å². The van der Waals surface area contributed by atoms with Crippen LogP contribution < -0.4 is 4.18 Å². The number of aryl methyl sites for hydroxylation is 1. The van der Waals surface area contributed by atoms with Crippen LogP contribution in [0, 0.1) is 12.8 Å². The summed E-state index contributed by atoms with van der Waals surface area (Å²) < 4.78 is 31.6. The normalized spacial score (nSPS) is 11.6. The number of hydrogen-bond donors (Lipinski definition) is 0. The molecule has 0 N–H and O–H groups in total. The largest absolute Gasteiger partial charge is 0.361 e. The van der Waals surface area contributed by atoms with Crippen LogP contribution in [0.4, 0.5) is 0 Å². The van der Waals surface area contributed by atoms with E-state index in [0.717, 1.165) is 22.3 Å². The third-order valence-corrected chi connectivity index (χ3v) is 6.66. The number of carbonyl (C=O) groups is 1. The van der Waals surface area contributed by atoms with Gasteiger partial charge in [-0.1, -0.05) is 31.0 Å². The summed E-state index contributed by atoms with van der Waals surface area (Å²) in [6, 6.07) is 3.33. The molecule has 0 radical (unpaired) electrons. The summed E-state index contributed by atoms with van der Waals surface area (Å²) in [5.41, 5.74) is 4.15. The number of benzene rings is 1. The minimum absolute atomic E-state index is 0.0574. The summed E-state index contributed by atoms with van der Waals surface area (Å²) in [6.07, 6.45) is 1.35. The smallest absolute Gasteiger partial charge is 0.310 e. The maximum atomic E-state index is 13.4. The van der Waals surface area contributed by atoms with Crippen molar-refractivity contribution < 1.29 is 17.4 Å². The van der Waals surface area contributed by atoms with Crippen LogP contribution in [0.5, 0.6) is 5.88 Å². The average molecular weight is 453 g/mol. The molecule has 0 atom stereocenters. The minimum atomic E-state index is -3.87. The Hall–Kier alpha value is -2.12. The van der Waals surface area contributed by atoms with Crippen LogP contribution in [-0.2, 0) is 16.7 Å². The van der Waals surface area contributed by atoms with Crippen molar-refractivity contribution in [3.05, 3.63) is 51.2 Å². The lowest BCUT2D eigenvalue weighted by atomic mass is 9.92. The van der Waals surface area contributed by atoms with Crippen molar-refractivity contribution in [3.63, 3.8) is 0 Å². The van der Waals surface area contributed by atoms with E-state index in [0.29, 0.717) is 17.1 Å². The molecule has 0 saturated carbocycles. The van der Waals surface area contributed by atoms with Crippen LogP contribution in [0.25, 0.3) is 5.57 Å². The molecule has 30 heavy (non-hydrogen) atoms. The molecule has 6 nitrogen and oxygen atoms in total. The molecule has 1 aromatic heterocycles. The molecule has 8 heteroatoms. The van der Waals surface area contributed by atoms with Gasteiger partial charge in [0.1, 0.15) is 5.56 Å². The van der Waals surface area contributed by atoms with Crippen molar-refractivity contribution >= 4 is 33.1 Å². The third-order valence-electron chi connectivity index (χ3n) is 4.86. The SMILES string of the molecule is CCn1ncc(C(=O)c2ccc(Cl)c(C(C)=C(C)C)c2C)c1OS(=O)(=O)CC(C)C. The Morgan fingerprint density at radius 2 is 1.83 bits per heavy atom. The lowest BCUT2D eigenvalue weighted by Crippen LogP contribution is -2.20. The number of allylic oxidation sites excluding steroid dienone is 2. The molecule has 0 unspecified atom stereocenters. The molecular formula is C22H29ClN2O4S. The number of halogens is 1. The number of nitrogens with zero attached hydrogens (tertiary/aromatic N) is 2. The summed E-state index contributed by atoms with van der Waals surface area (Å²) in [5, 5.41) is 4.71. The van der Waals surface area contributed by atoms with Crippen LogP contribution in [-0.4, -0.2) is 29.7 Å². The van der Waals surface area contributed by atoms with Crippen molar-refractivity contribution in [3.8, 4) is 5.88 Å². The van der Waals surface area contributed by atoms with Gasteiger partial charge in [-0.3, -0.25) is 4.79 Å². The van der Waals surface area contributed by atoms with E-state index in [-0.39, 0.29) is 28.9 Å². The fourth-order valence-electron chi connectivity index (χ4n) is 3.19. The highest BCUT2D eigenvalue weighted by Crippen LogP contribution is 2.33. The number of carbonyl (C=O) groups excluding carboxylic acids is 1. The maximum Gasteiger partial charge on any atom is 0.310 e. The van der Waals surface area contributed by atoms with Crippen molar-refractivity contribution in [2.75, 3.05) is 5.75 Å². The molecule has 0 amide bonds. The Bertz CT molecular complexity index is 1090. The zero-order valence-corrected chi connectivity index (χ0v) is 20.1. The Morgan fingerprint density at radius 1 is 1.20 bits per heavy atom. The molecule has 2 rings (SSSR count). The molecule has 1 heterocycles. The minimum Gasteiger partial charge on any atom is -0.361 e. The Labute approximate surface area is 184 Å². The summed E-state index contributed by atoms with van der Waals surface area (Å²) in [5.74, 6) is -0.681. The van der Waals surface area contributed by atoms with Gasteiger partial charge in [0.15, 0.2) is 5.78 Å². The molecule has 164 valence electrons. The maximum absolute atomic E-state index is 13.4. The standard InChI is InChI=1S/C22H29ClN2O4S/c1-8-25-22(29-30(27,28)12-13(2)3)18(11-24-25)21(26)17-9-10-19(23)20(16(17)7)15(6)14(4)5/h9-11,13H,8,12H2,1-7H3. The fourth-order valence-corrected chi connectivity index (χ4v) is 4.83. The van der Waals surface area contributed by atoms with Gasteiger partial charge in [-0.05, 0) is 69.4 Å². The first-order valence-electron chi connectivity index (χ1n) is 9.85. The molecule has 0 aliphatic carbocycles. The molecular weight excluding hydrogens is 424 g/mol. The second-order valence-electron chi connectivity index (χ2n) is 7.93. The van der Waals surface area contributed by atoms with Crippen molar-refractivity contribution in [2.24, 2.45) is 5.92 Å². The Morgan fingerprint density at radius 3 is 2.37 bits per heavy atom. The number of aromatic nitrogens is 2. The first kappa shape index (κ1) is 24.2. The highest BCUT2D eigenvalue weighted by molar-refractivity contribution is 7.87. The zero-order valence-electron chi connectivity index (χ0n) is 18.5. The number of rotatable bonds is 8. The molecule has 0 fully saturated rings. The van der Waals surface area contributed by atoms with E-state index in [1.54, 1.807) is 32.9 Å². The van der Waals surface area contributed by atoms with Gasteiger partial charge in [0.2, 0.25) is 5.88 Å². The van der Waals surface area contributed by atoms with Gasteiger partial charge in [0.05, 0.1) is 11.9 Å². The summed E-state index contributed by atoms with van der Waals surface area (Å²) in [6.45, 7) is 13.5. The van der Waals surface area contributed by atoms with Gasteiger partial charge in [0, 0.05) is 17.1 Å². The van der Waals surface area contributed by atoms with Crippen LogP contribution in [0.2, 0.25) is 5.02 Å². The van der Waals surface area contributed by atoms with Gasteiger partial charge in [-0.2, -0.15) is 13.5 Å². The molecule has 2 aromatic rings. The first-order chi connectivity index (χ1) is 13.9. The molecule has 0 saturated heterocycles. The predicted molar refractivity (Wildman–Crippen MR) is 121 cm³/mol. The van der Waals surface area contributed by atoms with Gasteiger partial charge in [-0.15, -0.1) is 0 Å². The van der Waals surface area contributed by atoms with E-state index in [4.69, 9.17) is 15.8 Å². The third kappa shape index (κ3) is 5.13.